The maximum atomic E-state index is 11.7. The van der Waals surface area contributed by atoms with Crippen LogP contribution in [-0.4, -0.2) is 27.8 Å². The summed E-state index contributed by atoms with van der Waals surface area (Å²) in [6.07, 6.45) is 3.06. The molecule has 13 heavy (non-hydrogen) atoms. The first-order valence-electron chi connectivity index (χ1n) is 4.14. The Kier molecular flexibility index (Phi) is 1.43. The van der Waals surface area contributed by atoms with Gasteiger partial charge in [0, 0.05) is 13.2 Å². The topological polar surface area (TPSA) is 46.1 Å². The third kappa shape index (κ3) is 0.883. The summed E-state index contributed by atoms with van der Waals surface area (Å²) in [5.41, 5.74) is 1.13. The van der Waals surface area contributed by atoms with E-state index >= 15 is 0 Å². The third-order valence-electron chi connectivity index (χ3n) is 2.67. The minimum absolute atomic E-state index is 0.000556. The zero-order chi connectivity index (χ0) is 9.64. The molecule has 0 aliphatic carbocycles. The van der Waals surface area contributed by atoms with Gasteiger partial charge in [-0.25, -0.2) is 9.97 Å². The Labute approximate surface area is 76.6 Å². The molecule has 4 heteroatoms. The predicted molar refractivity (Wildman–Crippen MR) is 47.2 cm³/mol. The first kappa shape index (κ1) is 8.16. The zero-order valence-corrected chi connectivity index (χ0v) is 7.90. The maximum Gasteiger partial charge on any atom is 0.257 e. The largest absolute Gasteiger partial charge is 0.331 e. The summed E-state index contributed by atoms with van der Waals surface area (Å²) in [6.45, 7) is 3.95. The standard InChI is InChI=1S/C9H11N3O/c1-9(2)7-6(4-10-5-11-7)8(13)12(9)3/h4-5H,1-3H3. The van der Waals surface area contributed by atoms with E-state index in [-0.39, 0.29) is 11.4 Å². The average Bonchev–Trinajstić information content (AvgIpc) is 2.30. The molecule has 0 saturated heterocycles. The van der Waals surface area contributed by atoms with Crippen LogP contribution in [-0.2, 0) is 5.54 Å². The number of carbonyl (C=O) groups excluding carboxylic acids is 1. The Morgan fingerprint density at radius 3 is 2.77 bits per heavy atom. The number of rotatable bonds is 0. The van der Waals surface area contributed by atoms with Crippen LogP contribution in [0, 0.1) is 0 Å². The van der Waals surface area contributed by atoms with E-state index in [1.165, 1.54) is 6.33 Å². The molecular weight excluding hydrogens is 166 g/mol. The van der Waals surface area contributed by atoms with Crippen LogP contribution in [0.25, 0.3) is 0 Å². The van der Waals surface area contributed by atoms with Gasteiger partial charge in [-0.05, 0) is 13.8 Å². The summed E-state index contributed by atoms with van der Waals surface area (Å²) in [4.78, 5) is 21.3. The highest BCUT2D eigenvalue weighted by Gasteiger charge is 2.41. The van der Waals surface area contributed by atoms with Gasteiger partial charge in [0.05, 0.1) is 16.8 Å². The maximum absolute atomic E-state index is 11.7. The SMILES string of the molecule is CN1C(=O)c2cncnc2C1(C)C. The van der Waals surface area contributed by atoms with Gasteiger partial charge < -0.3 is 4.90 Å². The quantitative estimate of drug-likeness (QED) is 0.588. The molecule has 0 radical (unpaired) electrons. The van der Waals surface area contributed by atoms with Gasteiger partial charge in [0.25, 0.3) is 5.91 Å². The van der Waals surface area contributed by atoms with Gasteiger partial charge in [0.2, 0.25) is 0 Å². The van der Waals surface area contributed by atoms with Crippen LogP contribution in [0.2, 0.25) is 0 Å². The molecule has 1 aliphatic rings. The van der Waals surface area contributed by atoms with E-state index in [2.05, 4.69) is 9.97 Å². The highest BCUT2D eigenvalue weighted by Crippen LogP contribution is 2.34. The van der Waals surface area contributed by atoms with Crippen molar-refractivity contribution in [1.29, 1.82) is 0 Å². The Balaban J connectivity index is 2.68. The van der Waals surface area contributed by atoms with Gasteiger partial charge in [-0.3, -0.25) is 4.79 Å². The fraction of sp³-hybridized carbons (Fsp3) is 0.444. The molecule has 0 saturated carbocycles. The van der Waals surface area contributed by atoms with Crippen molar-refractivity contribution in [2.75, 3.05) is 7.05 Å². The van der Waals surface area contributed by atoms with E-state index in [9.17, 15) is 4.79 Å². The van der Waals surface area contributed by atoms with Crippen molar-refractivity contribution >= 4 is 5.91 Å². The number of hydrogen-bond donors (Lipinski definition) is 0. The van der Waals surface area contributed by atoms with Gasteiger partial charge in [0.15, 0.2) is 0 Å². The van der Waals surface area contributed by atoms with Crippen LogP contribution in [0.5, 0.6) is 0 Å². The van der Waals surface area contributed by atoms with E-state index < -0.39 is 0 Å². The molecule has 0 bridgehead atoms. The molecule has 1 aromatic rings. The zero-order valence-electron chi connectivity index (χ0n) is 7.90. The van der Waals surface area contributed by atoms with Crippen molar-refractivity contribution < 1.29 is 4.79 Å². The van der Waals surface area contributed by atoms with E-state index in [0.717, 1.165) is 5.69 Å². The van der Waals surface area contributed by atoms with Crippen LogP contribution in [0.1, 0.15) is 29.9 Å². The Bertz CT molecular complexity index is 373. The van der Waals surface area contributed by atoms with Crippen LogP contribution < -0.4 is 0 Å². The third-order valence-corrected chi connectivity index (χ3v) is 2.67. The highest BCUT2D eigenvalue weighted by molar-refractivity contribution is 5.98. The van der Waals surface area contributed by atoms with E-state index in [1.807, 2.05) is 13.8 Å². The second-order valence-electron chi connectivity index (χ2n) is 3.71. The number of nitrogens with zero attached hydrogens (tertiary/aromatic N) is 3. The van der Waals surface area contributed by atoms with Crippen LogP contribution >= 0.6 is 0 Å². The number of amides is 1. The Morgan fingerprint density at radius 2 is 2.15 bits per heavy atom. The lowest BCUT2D eigenvalue weighted by atomic mass is 10.0. The molecule has 1 amide bonds. The smallest absolute Gasteiger partial charge is 0.257 e. The molecular formula is C9H11N3O. The highest BCUT2D eigenvalue weighted by atomic mass is 16.2. The van der Waals surface area contributed by atoms with Crippen molar-refractivity contribution in [2.45, 2.75) is 19.4 Å². The van der Waals surface area contributed by atoms with Crippen molar-refractivity contribution in [2.24, 2.45) is 0 Å². The number of fused-ring (bicyclic) bond motifs is 1. The van der Waals surface area contributed by atoms with Gasteiger partial charge in [0.1, 0.15) is 6.33 Å². The lowest BCUT2D eigenvalue weighted by molar-refractivity contribution is 0.0688. The molecule has 0 N–H and O–H groups in total. The minimum Gasteiger partial charge on any atom is -0.331 e. The van der Waals surface area contributed by atoms with Crippen LogP contribution in [0.3, 0.4) is 0 Å². The van der Waals surface area contributed by atoms with Gasteiger partial charge in [-0.1, -0.05) is 0 Å². The first-order valence-corrected chi connectivity index (χ1v) is 4.14. The minimum atomic E-state index is -0.310. The fourth-order valence-corrected chi connectivity index (χ4v) is 1.57. The van der Waals surface area contributed by atoms with E-state index in [0.29, 0.717) is 5.56 Å². The van der Waals surface area contributed by atoms with E-state index in [4.69, 9.17) is 0 Å². The fourth-order valence-electron chi connectivity index (χ4n) is 1.57. The summed E-state index contributed by atoms with van der Waals surface area (Å²) in [6, 6.07) is 0. The van der Waals surface area contributed by atoms with Crippen molar-refractivity contribution in [3.05, 3.63) is 23.8 Å². The molecule has 2 heterocycles. The average molecular weight is 177 g/mol. The van der Waals surface area contributed by atoms with Gasteiger partial charge in [-0.2, -0.15) is 0 Å². The lowest BCUT2D eigenvalue weighted by Crippen LogP contribution is -2.35. The van der Waals surface area contributed by atoms with Crippen LogP contribution in [0.15, 0.2) is 12.5 Å². The monoisotopic (exact) mass is 177 g/mol. The first-order chi connectivity index (χ1) is 6.05. The molecule has 0 fully saturated rings. The molecule has 0 unspecified atom stereocenters. The normalized spacial score (nSPS) is 19.0. The van der Waals surface area contributed by atoms with Crippen molar-refractivity contribution in [3.63, 3.8) is 0 Å². The molecule has 68 valence electrons. The second-order valence-corrected chi connectivity index (χ2v) is 3.71. The Hall–Kier alpha value is -1.45. The molecule has 0 spiro atoms. The summed E-state index contributed by atoms with van der Waals surface area (Å²) < 4.78 is 0. The molecule has 4 nitrogen and oxygen atoms in total. The van der Waals surface area contributed by atoms with Crippen LogP contribution in [0.4, 0.5) is 0 Å². The Morgan fingerprint density at radius 1 is 1.46 bits per heavy atom. The second kappa shape index (κ2) is 2.28. The molecule has 1 aromatic heterocycles. The molecule has 2 rings (SSSR count). The molecule has 0 atom stereocenters. The predicted octanol–water partition coefficient (Wildman–Crippen LogP) is 0.797. The van der Waals surface area contributed by atoms with Gasteiger partial charge in [-0.15, -0.1) is 0 Å². The summed E-state index contributed by atoms with van der Waals surface area (Å²) in [5, 5.41) is 0. The van der Waals surface area contributed by atoms with E-state index in [1.54, 1.807) is 18.1 Å². The summed E-state index contributed by atoms with van der Waals surface area (Å²) in [7, 11) is 1.78. The lowest BCUT2D eigenvalue weighted by Gasteiger charge is -2.27. The summed E-state index contributed by atoms with van der Waals surface area (Å²) in [5.74, 6) is 0.000556. The molecule has 0 aromatic carbocycles. The van der Waals surface area contributed by atoms with Crippen molar-refractivity contribution in [1.82, 2.24) is 14.9 Å². The van der Waals surface area contributed by atoms with Crippen molar-refractivity contribution in [3.8, 4) is 0 Å². The number of hydrogen-bond acceptors (Lipinski definition) is 3. The van der Waals surface area contributed by atoms with Gasteiger partial charge >= 0.3 is 0 Å². The summed E-state index contributed by atoms with van der Waals surface area (Å²) >= 11 is 0. The molecule has 1 aliphatic heterocycles. The number of carbonyl (C=O) groups is 1. The number of aromatic nitrogens is 2.